The van der Waals surface area contributed by atoms with Gasteiger partial charge in [-0.1, -0.05) is 24.4 Å². The number of carbonyl (C=O) groups is 1. The van der Waals surface area contributed by atoms with Crippen LogP contribution in [0.4, 0.5) is 5.69 Å². The maximum absolute atomic E-state index is 12.0. The maximum Gasteiger partial charge on any atom is 0.300 e. The maximum atomic E-state index is 12.0. The highest BCUT2D eigenvalue weighted by Crippen LogP contribution is 2.22. The number of aromatic nitrogens is 1. The third kappa shape index (κ3) is 2.76. The second-order valence-electron chi connectivity index (χ2n) is 4.24. The van der Waals surface area contributed by atoms with Crippen molar-refractivity contribution in [1.82, 2.24) is 10.3 Å². The van der Waals surface area contributed by atoms with Gasteiger partial charge in [0.05, 0.1) is 4.92 Å². The van der Waals surface area contributed by atoms with Crippen LogP contribution in [0.5, 0.6) is 0 Å². The SMILES string of the molecule is O=C(NC1CCCC1)c1cc(Cl)ncc1[N+](=O)[O-]. The van der Waals surface area contributed by atoms with Gasteiger partial charge in [0.25, 0.3) is 11.6 Å². The van der Waals surface area contributed by atoms with Gasteiger partial charge in [-0.3, -0.25) is 14.9 Å². The molecule has 0 aromatic carbocycles. The van der Waals surface area contributed by atoms with Gasteiger partial charge >= 0.3 is 0 Å². The van der Waals surface area contributed by atoms with Crippen LogP contribution in [0.3, 0.4) is 0 Å². The van der Waals surface area contributed by atoms with Crippen molar-refractivity contribution < 1.29 is 9.72 Å². The van der Waals surface area contributed by atoms with Crippen molar-refractivity contribution in [2.45, 2.75) is 31.7 Å². The van der Waals surface area contributed by atoms with Gasteiger partial charge in [-0.05, 0) is 18.9 Å². The van der Waals surface area contributed by atoms with Crippen molar-refractivity contribution >= 4 is 23.2 Å². The van der Waals surface area contributed by atoms with Crippen LogP contribution >= 0.6 is 11.6 Å². The number of carbonyl (C=O) groups excluding carboxylic acids is 1. The van der Waals surface area contributed by atoms with Gasteiger partial charge in [-0.2, -0.15) is 0 Å². The largest absolute Gasteiger partial charge is 0.349 e. The first kappa shape index (κ1) is 12.8. The van der Waals surface area contributed by atoms with Crippen LogP contribution in [0.25, 0.3) is 0 Å². The molecule has 6 nitrogen and oxygen atoms in total. The molecule has 0 unspecified atom stereocenters. The van der Waals surface area contributed by atoms with Gasteiger partial charge in [-0.15, -0.1) is 0 Å². The van der Waals surface area contributed by atoms with Crippen molar-refractivity contribution in [1.29, 1.82) is 0 Å². The number of pyridine rings is 1. The van der Waals surface area contributed by atoms with E-state index in [0.29, 0.717) is 0 Å². The van der Waals surface area contributed by atoms with Crippen molar-refractivity contribution in [3.05, 3.63) is 33.1 Å². The van der Waals surface area contributed by atoms with Gasteiger partial charge < -0.3 is 5.32 Å². The molecule has 1 heterocycles. The Balaban J connectivity index is 2.22. The fraction of sp³-hybridized carbons (Fsp3) is 0.455. The van der Waals surface area contributed by atoms with Crippen molar-refractivity contribution in [2.24, 2.45) is 0 Å². The lowest BCUT2D eigenvalue weighted by atomic mass is 10.2. The molecule has 1 amide bonds. The zero-order chi connectivity index (χ0) is 13.1. The van der Waals surface area contributed by atoms with Gasteiger partial charge in [0.15, 0.2) is 0 Å². The summed E-state index contributed by atoms with van der Waals surface area (Å²) in [5, 5.41) is 13.7. The number of halogens is 1. The van der Waals surface area contributed by atoms with Gasteiger partial charge in [-0.25, -0.2) is 4.98 Å². The third-order valence-electron chi connectivity index (χ3n) is 2.98. The highest BCUT2D eigenvalue weighted by atomic mass is 35.5. The minimum absolute atomic E-state index is 0.0353. The molecule has 7 heteroatoms. The lowest BCUT2D eigenvalue weighted by Gasteiger charge is -2.11. The Kier molecular flexibility index (Phi) is 3.76. The van der Waals surface area contributed by atoms with Crippen molar-refractivity contribution in [2.75, 3.05) is 0 Å². The molecule has 0 atom stereocenters. The summed E-state index contributed by atoms with van der Waals surface area (Å²) in [7, 11) is 0. The Morgan fingerprint density at radius 1 is 1.50 bits per heavy atom. The molecule has 2 rings (SSSR count). The monoisotopic (exact) mass is 269 g/mol. The van der Waals surface area contributed by atoms with Crippen LogP contribution in [0, 0.1) is 10.1 Å². The summed E-state index contributed by atoms with van der Waals surface area (Å²) >= 11 is 5.67. The van der Waals surface area contributed by atoms with E-state index in [0.717, 1.165) is 31.9 Å². The number of rotatable bonds is 3. The van der Waals surface area contributed by atoms with Gasteiger partial charge in [0, 0.05) is 6.04 Å². The Labute approximate surface area is 109 Å². The summed E-state index contributed by atoms with van der Waals surface area (Å²) in [5.41, 5.74) is -0.359. The highest BCUT2D eigenvalue weighted by Gasteiger charge is 2.24. The average Bonchev–Trinajstić information content (AvgIpc) is 2.81. The van der Waals surface area contributed by atoms with E-state index >= 15 is 0 Å². The molecule has 0 saturated heterocycles. The minimum atomic E-state index is -0.632. The summed E-state index contributed by atoms with van der Waals surface area (Å²) in [4.78, 5) is 25.8. The van der Waals surface area contributed by atoms with Crippen LogP contribution in [-0.2, 0) is 0 Å². The summed E-state index contributed by atoms with van der Waals surface area (Å²) < 4.78 is 0. The number of nitro groups is 1. The van der Waals surface area contributed by atoms with E-state index in [1.165, 1.54) is 6.07 Å². The quantitative estimate of drug-likeness (QED) is 0.518. The molecule has 1 aromatic rings. The van der Waals surface area contributed by atoms with E-state index in [9.17, 15) is 14.9 Å². The van der Waals surface area contributed by atoms with Crippen LogP contribution in [0.1, 0.15) is 36.0 Å². The summed E-state index contributed by atoms with van der Waals surface area (Å²) in [6.07, 6.45) is 4.98. The molecule has 1 aliphatic rings. The summed E-state index contributed by atoms with van der Waals surface area (Å²) in [5.74, 6) is -0.460. The number of amides is 1. The Morgan fingerprint density at radius 3 is 2.78 bits per heavy atom. The lowest BCUT2D eigenvalue weighted by Crippen LogP contribution is -2.33. The third-order valence-corrected chi connectivity index (χ3v) is 3.19. The Bertz CT molecular complexity index is 486. The first-order valence-corrected chi connectivity index (χ1v) is 6.06. The summed E-state index contributed by atoms with van der Waals surface area (Å²) in [6, 6.07) is 1.33. The number of hydrogen-bond donors (Lipinski definition) is 1. The minimum Gasteiger partial charge on any atom is -0.349 e. The first-order chi connectivity index (χ1) is 8.58. The molecular formula is C11H12ClN3O3. The average molecular weight is 270 g/mol. The Morgan fingerprint density at radius 2 is 2.17 bits per heavy atom. The van der Waals surface area contributed by atoms with Crippen LogP contribution in [0.2, 0.25) is 5.15 Å². The van der Waals surface area contributed by atoms with Crippen LogP contribution < -0.4 is 5.32 Å². The normalized spacial score (nSPS) is 15.6. The van der Waals surface area contributed by atoms with E-state index in [1.54, 1.807) is 0 Å². The molecule has 1 fully saturated rings. The molecule has 18 heavy (non-hydrogen) atoms. The van der Waals surface area contributed by atoms with Gasteiger partial charge in [0.1, 0.15) is 16.9 Å². The smallest absolute Gasteiger partial charge is 0.300 e. The molecule has 0 aliphatic heterocycles. The van der Waals surface area contributed by atoms with E-state index in [-0.39, 0.29) is 22.4 Å². The molecule has 96 valence electrons. The summed E-state index contributed by atoms with van der Waals surface area (Å²) in [6.45, 7) is 0. The van der Waals surface area contributed by atoms with Crippen molar-refractivity contribution in [3.63, 3.8) is 0 Å². The molecule has 1 N–H and O–H groups in total. The number of nitrogens with one attached hydrogen (secondary N) is 1. The van der Waals surface area contributed by atoms with Crippen LogP contribution in [0.15, 0.2) is 12.3 Å². The predicted octanol–water partition coefficient (Wildman–Crippen LogP) is 2.32. The van der Waals surface area contributed by atoms with E-state index in [4.69, 9.17) is 11.6 Å². The molecule has 0 spiro atoms. The predicted molar refractivity (Wildman–Crippen MR) is 65.6 cm³/mol. The zero-order valence-corrected chi connectivity index (χ0v) is 10.3. The van der Waals surface area contributed by atoms with Gasteiger partial charge in [0.2, 0.25) is 0 Å². The van der Waals surface area contributed by atoms with E-state index in [2.05, 4.69) is 10.3 Å². The molecule has 1 aliphatic carbocycles. The zero-order valence-electron chi connectivity index (χ0n) is 9.56. The fourth-order valence-corrected chi connectivity index (χ4v) is 2.24. The number of hydrogen-bond acceptors (Lipinski definition) is 4. The molecular weight excluding hydrogens is 258 g/mol. The molecule has 1 saturated carbocycles. The van der Waals surface area contributed by atoms with E-state index < -0.39 is 10.8 Å². The fourth-order valence-electron chi connectivity index (χ4n) is 2.08. The first-order valence-electron chi connectivity index (χ1n) is 5.68. The second kappa shape index (κ2) is 5.30. The standard InChI is InChI=1S/C11H12ClN3O3/c12-10-5-8(9(6-13-10)15(17)18)11(16)14-7-3-1-2-4-7/h5-7H,1-4H2,(H,14,16). The molecule has 0 bridgehead atoms. The lowest BCUT2D eigenvalue weighted by molar-refractivity contribution is -0.385. The van der Waals surface area contributed by atoms with Crippen molar-refractivity contribution in [3.8, 4) is 0 Å². The molecule has 0 radical (unpaired) electrons. The second-order valence-corrected chi connectivity index (χ2v) is 4.62. The number of nitrogens with zero attached hydrogens (tertiary/aromatic N) is 2. The van der Waals surface area contributed by atoms with Crippen LogP contribution in [-0.4, -0.2) is 21.9 Å². The van der Waals surface area contributed by atoms with E-state index in [1.807, 2.05) is 0 Å². The highest BCUT2D eigenvalue weighted by molar-refractivity contribution is 6.29. The Hall–Kier alpha value is -1.69. The molecule has 1 aromatic heterocycles. The topological polar surface area (TPSA) is 85.1 Å².